The van der Waals surface area contributed by atoms with Gasteiger partial charge in [0.15, 0.2) is 11.5 Å². The van der Waals surface area contributed by atoms with Crippen molar-refractivity contribution in [1.29, 1.82) is 0 Å². The number of nitrogens with zero attached hydrogens (tertiary/aromatic N) is 1. The van der Waals surface area contributed by atoms with Gasteiger partial charge in [-0.15, -0.1) is 24.8 Å². The van der Waals surface area contributed by atoms with Crippen LogP contribution >= 0.6 is 24.8 Å². The molecule has 6 heteroatoms. The van der Waals surface area contributed by atoms with Gasteiger partial charge in [0.25, 0.3) is 0 Å². The molecule has 0 unspecified atom stereocenters. The van der Waals surface area contributed by atoms with E-state index in [0.29, 0.717) is 12.8 Å². The van der Waals surface area contributed by atoms with E-state index in [9.17, 15) is 0 Å². The molecule has 0 radical (unpaired) electrons. The van der Waals surface area contributed by atoms with Crippen LogP contribution in [0, 0.1) is 0 Å². The zero-order chi connectivity index (χ0) is 13.8. The molecule has 1 N–H and O–H groups in total. The first kappa shape index (κ1) is 19.4. The summed E-state index contributed by atoms with van der Waals surface area (Å²) in [6.07, 6.45) is 3.73. The highest BCUT2D eigenvalue weighted by Gasteiger charge is 2.24. The van der Waals surface area contributed by atoms with E-state index in [1.165, 1.54) is 24.8 Å². The molecule has 1 atom stereocenters. The number of halogens is 2. The predicted molar refractivity (Wildman–Crippen MR) is 93.8 cm³/mol. The van der Waals surface area contributed by atoms with Crippen LogP contribution in [0.25, 0.3) is 0 Å². The van der Waals surface area contributed by atoms with Crippen LogP contribution in [0.3, 0.4) is 0 Å². The largest absolute Gasteiger partial charge is 0.454 e. The number of unbranched alkanes of at least 4 members (excludes halogenated alkanes) is 1. The first-order valence-electron chi connectivity index (χ1n) is 7.73. The van der Waals surface area contributed by atoms with Gasteiger partial charge in [-0.05, 0) is 24.1 Å². The molecule has 0 aromatic heterocycles. The van der Waals surface area contributed by atoms with Crippen molar-refractivity contribution in [3.8, 4) is 11.5 Å². The summed E-state index contributed by atoms with van der Waals surface area (Å²) < 4.78 is 10.9. The highest BCUT2D eigenvalue weighted by atomic mass is 35.5. The molecule has 0 spiro atoms. The molecule has 2 heterocycles. The number of hydrogen-bond donors (Lipinski definition) is 1. The smallest absolute Gasteiger partial charge is 0.231 e. The Hall–Kier alpha value is -0.680. The van der Waals surface area contributed by atoms with Crippen molar-refractivity contribution in [3.05, 3.63) is 23.8 Å². The second-order valence-corrected chi connectivity index (χ2v) is 5.56. The molecule has 0 bridgehead atoms. The molecule has 2 aliphatic rings. The Balaban J connectivity index is 0.00000121. The van der Waals surface area contributed by atoms with Gasteiger partial charge in [-0.3, -0.25) is 4.90 Å². The molecule has 0 amide bonds. The summed E-state index contributed by atoms with van der Waals surface area (Å²) in [6.45, 7) is 7.05. The third-order valence-electron chi connectivity index (χ3n) is 4.20. The summed E-state index contributed by atoms with van der Waals surface area (Å²) in [5.41, 5.74) is 1.37. The number of piperazine rings is 1. The lowest BCUT2D eigenvalue weighted by Gasteiger charge is -2.35. The molecule has 0 saturated carbocycles. The Morgan fingerprint density at radius 2 is 1.86 bits per heavy atom. The van der Waals surface area contributed by atoms with E-state index in [1.807, 2.05) is 0 Å². The highest BCUT2D eigenvalue weighted by molar-refractivity contribution is 5.85. The minimum atomic E-state index is 0. The van der Waals surface area contributed by atoms with Crippen molar-refractivity contribution in [2.24, 2.45) is 0 Å². The molecule has 22 heavy (non-hydrogen) atoms. The van der Waals surface area contributed by atoms with Gasteiger partial charge in [-0.25, -0.2) is 0 Å². The van der Waals surface area contributed by atoms with E-state index in [-0.39, 0.29) is 24.8 Å². The van der Waals surface area contributed by atoms with E-state index in [2.05, 4.69) is 35.3 Å². The third kappa shape index (κ3) is 4.42. The molecule has 1 aromatic rings. The Labute approximate surface area is 145 Å². The molecule has 1 aromatic carbocycles. The third-order valence-corrected chi connectivity index (χ3v) is 4.20. The van der Waals surface area contributed by atoms with Crippen LogP contribution < -0.4 is 14.8 Å². The Kier molecular flexibility index (Phi) is 8.33. The summed E-state index contributed by atoms with van der Waals surface area (Å²) in [6, 6.07) is 6.94. The summed E-state index contributed by atoms with van der Waals surface area (Å²) in [5, 5.41) is 3.43. The van der Waals surface area contributed by atoms with Crippen molar-refractivity contribution in [3.63, 3.8) is 0 Å². The van der Waals surface area contributed by atoms with Crippen molar-refractivity contribution in [2.75, 3.05) is 33.0 Å². The fourth-order valence-corrected chi connectivity index (χ4v) is 3.07. The molecule has 1 fully saturated rings. The molecule has 2 aliphatic heterocycles. The molecule has 3 rings (SSSR count). The van der Waals surface area contributed by atoms with E-state index in [0.717, 1.165) is 37.7 Å². The lowest BCUT2D eigenvalue weighted by atomic mass is 9.98. The molecule has 0 aliphatic carbocycles. The first-order chi connectivity index (χ1) is 9.88. The summed E-state index contributed by atoms with van der Waals surface area (Å²) in [5.74, 6) is 1.78. The average molecular weight is 349 g/mol. The predicted octanol–water partition coefficient (Wildman–Crippen LogP) is 3.40. The van der Waals surface area contributed by atoms with Crippen LogP contribution in [-0.2, 0) is 0 Å². The number of rotatable bonds is 5. The van der Waals surface area contributed by atoms with Crippen LogP contribution in [0.15, 0.2) is 18.2 Å². The zero-order valence-electron chi connectivity index (χ0n) is 13.0. The van der Waals surface area contributed by atoms with Gasteiger partial charge in [0.05, 0.1) is 0 Å². The first-order valence-corrected chi connectivity index (χ1v) is 7.73. The molecule has 1 saturated heterocycles. The van der Waals surface area contributed by atoms with Crippen LogP contribution in [0.5, 0.6) is 11.5 Å². The van der Waals surface area contributed by atoms with Crippen molar-refractivity contribution in [2.45, 2.75) is 32.2 Å². The molecule has 126 valence electrons. The van der Waals surface area contributed by atoms with Gasteiger partial charge in [0.2, 0.25) is 6.79 Å². The maximum atomic E-state index is 5.53. The number of benzene rings is 1. The van der Waals surface area contributed by atoms with Gasteiger partial charge in [-0.2, -0.15) is 0 Å². The Bertz CT molecular complexity index is 454. The minimum Gasteiger partial charge on any atom is -0.454 e. The lowest BCUT2D eigenvalue weighted by molar-refractivity contribution is 0.162. The van der Waals surface area contributed by atoms with Crippen LogP contribution in [-0.4, -0.2) is 37.9 Å². The number of nitrogens with one attached hydrogen (secondary N) is 1. The maximum absolute atomic E-state index is 5.53. The van der Waals surface area contributed by atoms with Gasteiger partial charge < -0.3 is 14.8 Å². The van der Waals surface area contributed by atoms with Crippen molar-refractivity contribution < 1.29 is 9.47 Å². The second kappa shape index (κ2) is 9.46. The monoisotopic (exact) mass is 348 g/mol. The number of fused-ring (bicyclic) bond motifs is 1. The molecular formula is C16H26Cl2N2O2. The number of hydrogen-bond acceptors (Lipinski definition) is 4. The van der Waals surface area contributed by atoms with Crippen LogP contribution in [0.1, 0.15) is 37.8 Å². The van der Waals surface area contributed by atoms with Gasteiger partial charge in [-0.1, -0.05) is 25.8 Å². The maximum Gasteiger partial charge on any atom is 0.231 e. The fourth-order valence-electron chi connectivity index (χ4n) is 3.07. The summed E-state index contributed by atoms with van der Waals surface area (Å²) in [7, 11) is 0. The quantitative estimate of drug-likeness (QED) is 0.884. The van der Waals surface area contributed by atoms with Gasteiger partial charge >= 0.3 is 0 Å². The van der Waals surface area contributed by atoms with E-state index in [4.69, 9.17) is 9.47 Å². The minimum absolute atomic E-state index is 0. The van der Waals surface area contributed by atoms with Crippen LogP contribution in [0.4, 0.5) is 0 Å². The summed E-state index contributed by atoms with van der Waals surface area (Å²) >= 11 is 0. The Morgan fingerprint density at radius 1 is 1.14 bits per heavy atom. The summed E-state index contributed by atoms with van der Waals surface area (Å²) in [4.78, 5) is 2.60. The SMILES string of the molecule is CCCC[C@H](c1ccc2c(c1)OCO2)N1CCNCC1.Cl.Cl. The Morgan fingerprint density at radius 3 is 2.59 bits per heavy atom. The van der Waals surface area contributed by atoms with Gasteiger partial charge in [0, 0.05) is 32.2 Å². The van der Waals surface area contributed by atoms with E-state index < -0.39 is 0 Å². The standard InChI is InChI=1S/C16H24N2O2.2ClH/c1-2-3-4-14(18-9-7-17-8-10-18)13-5-6-15-16(11-13)20-12-19-15;;/h5-6,11,14,17H,2-4,7-10,12H2,1H3;2*1H/t14-;;/m1../s1. The second-order valence-electron chi connectivity index (χ2n) is 5.56. The zero-order valence-corrected chi connectivity index (χ0v) is 14.7. The van der Waals surface area contributed by atoms with Crippen LogP contribution in [0.2, 0.25) is 0 Å². The van der Waals surface area contributed by atoms with E-state index >= 15 is 0 Å². The highest BCUT2D eigenvalue weighted by Crippen LogP contribution is 2.36. The lowest BCUT2D eigenvalue weighted by Crippen LogP contribution is -2.45. The van der Waals surface area contributed by atoms with Crippen molar-refractivity contribution in [1.82, 2.24) is 10.2 Å². The van der Waals surface area contributed by atoms with Crippen molar-refractivity contribution >= 4 is 24.8 Å². The fraction of sp³-hybridized carbons (Fsp3) is 0.625. The van der Waals surface area contributed by atoms with Gasteiger partial charge in [0.1, 0.15) is 0 Å². The average Bonchev–Trinajstić information content (AvgIpc) is 2.96. The van der Waals surface area contributed by atoms with E-state index in [1.54, 1.807) is 0 Å². The molecule has 4 nitrogen and oxygen atoms in total. The number of ether oxygens (including phenoxy) is 2. The normalized spacial score (nSPS) is 18.2. The topological polar surface area (TPSA) is 33.7 Å². The molecular weight excluding hydrogens is 323 g/mol.